The van der Waals surface area contributed by atoms with E-state index < -0.39 is 0 Å². The highest BCUT2D eigenvalue weighted by molar-refractivity contribution is 9.10. The molecule has 0 saturated heterocycles. The molecule has 3 heteroatoms. The van der Waals surface area contributed by atoms with Crippen LogP contribution in [0.25, 0.3) is 5.69 Å². The molecular weight excluding hydrogens is 336 g/mol. The minimum atomic E-state index is 0.654. The molecule has 2 aromatic carbocycles. The third-order valence-corrected chi connectivity index (χ3v) is 4.35. The molecule has 1 heterocycles. The van der Waals surface area contributed by atoms with Gasteiger partial charge in [0.15, 0.2) is 0 Å². The van der Waals surface area contributed by atoms with Gasteiger partial charge in [0.05, 0.1) is 5.56 Å². The van der Waals surface area contributed by atoms with E-state index in [-0.39, 0.29) is 0 Å². The van der Waals surface area contributed by atoms with Gasteiger partial charge in [0.25, 0.3) is 0 Å². The van der Waals surface area contributed by atoms with E-state index in [1.165, 1.54) is 11.3 Å². The SMILES string of the molecule is N#Cc1ccc(-n2cccc2CCc2ccccc2)cc1Br. The van der Waals surface area contributed by atoms with Crippen LogP contribution in [0.3, 0.4) is 0 Å². The van der Waals surface area contributed by atoms with Crippen LogP contribution in [-0.2, 0) is 12.8 Å². The minimum Gasteiger partial charge on any atom is -0.321 e. The molecule has 2 nitrogen and oxygen atoms in total. The zero-order valence-electron chi connectivity index (χ0n) is 12.0. The van der Waals surface area contributed by atoms with Gasteiger partial charge in [-0.25, -0.2) is 0 Å². The molecule has 1 aromatic heterocycles. The number of rotatable bonds is 4. The highest BCUT2D eigenvalue weighted by Gasteiger charge is 2.06. The lowest BCUT2D eigenvalue weighted by molar-refractivity contribution is 0.865. The molecule has 0 aliphatic heterocycles. The first-order chi connectivity index (χ1) is 10.8. The summed E-state index contributed by atoms with van der Waals surface area (Å²) in [7, 11) is 0. The maximum Gasteiger partial charge on any atom is 0.100 e. The summed E-state index contributed by atoms with van der Waals surface area (Å²) in [6, 6.07) is 22.7. The summed E-state index contributed by atoms with van der Waals surface area (Å²) in [5, 5.41) is 9.02. The highest BCUT2D eigenvalue weighted by Crippen LogP contribution is 2.22. The van der Waals surface area contributed by atoms with Crippen LogP contribution in [0.5, 0.6) is 0 Å². The maximum atomic E-state index is 9.02. The van der Waals surface area contributed by atoms with Gasteiger partial charge < -0.3 is 4.57 Å². The van der Waals surface area contributed by atoms with Gasteiger partial charge in [-0.2, -0.15) is 5.26 Å². The van der Waals surface area contributed by atoms with Crippen LogP contribution in [-0.4, -0.2) is 4.57 Å². The lowest BCUT2D eigenvalue weighted by Gasteiger charge is -2.10. The number of nitriles is 1. The van der Waals surface area contributed by atoms with Crippen molar-refractivity contribution in [1.29, 1.82) is 5.26 Å². The first kappa shape index (κ1) is 14.6. The monoisotopic (exact) mass is 350 g/mol. The Morgan fingerprint density at radius 3 is 2.50 bits per heavy atom. The van der Waals surface area contributed by atoms with Crippen LogP contribution in [0.2, 0.25) is 0 Å². The fraction of sp³-hybridized carbons (Fsp3) is 0.105. The average Bonchev–Trinajstić information content (AvgIpc) is 3.02. The summed E-state index contributed by atoms with van der Waals surface area (Å²) < 4.78 is 3.00. The number of nitrogens with zero attached hydrogens (tertiary/aromatic N) is 2. The van der Waals surface area contributed by atoms with Crippen molar-refractivity contribution < 1.29 is 0 Å². The molecular formula is C19H15BrN2. The second kappa shape index (κ2) is 6.64. The summed E-state index contributed by atoms with van der Waals surface area (Å²) >= 11 is 3.46. The third-order valence-electron chi connectivity index (χ3n) is 3.70. The number of hydrogen-bond donors (Lipinski definition) is 0. The summed E-state index contributed by atoms with van der Waals surface area (Å²) in [6.07, 6.45) is 4.06. The van der Waals surface area contributed by atoms with Gasteiger partial charge in [-0.05, 0) is 64.7 Å². The average molecular weight is 351 g/mol. The van der Waals surface area contributed by atoms with E-state index in [4.69, 9.17) is 5.26 Å². The molecule has 0 saturated carbocycles. The molecule has 0 spiro atoms. The summed E-state index contributed by atoms with van der Waals surface area (Å²) in [6.45, 7) is 0. The van der Waals surface area contributed by atoms with E-state index in [0.29, 0.717) is 5.56 Å². The molecule has 0 unspecified atom stereocenters. The molecule has 3 rings (SSSR count). The Hall–Kier alpha value is -2.31. The number of hydrogen-bond acceptors (Lipinski definition) is 1. The first-order valence-corrected chi connectivity index (χ1v) is 7.97. The van der Waals surface area contributed by atoms with Crippen molar-refractivity contribution in [2.75, 3.05) is 0 Å². The highest BCUT2D eigenvalue weighted by atomic mass is 79.9. The van der Waals surface area contributed by atoms with E-state index in [0.717, 1.165) is 23.0 Å². The predicted molar refractivity (Wildman–Crippen MR) is 92.0 cm³/mol. The topological polar surface area (TPSA) is 28.7 Å². The van der Waals surface area contributed by atoms with Crippen LogP contribution in [0.15, 0.2) is 71.3 Å². The standard InChI is InChI=1S/C19H15BrN2/c20-19-13-18(11-9-16(19)14-21)22-12-4-7-17(22)10-8-15-5-2-1-3-6-15/h1-7,9,11-13H,8,10H2. The number of aromatic nitrogens is 1. The van der Waals surface area contributed by atoms with Crippen LogP contribution < -0.4 is 0 Å². The van der Waals surface area contributed by atoms with Crippen molar-refractivity contribution in [2.45, 2.75) is 12.8 Å². The lowest BCUT2D eigenvalue weighted by Crippen LogP contribution is -2.01. The Balaban J connectivity index is 1.83. The fourth-order valence-corrected chi connectivity index (χ4v) is 2.99. The molecule has 0 bridgehead atoms. The van der Waals surface area contributed by atoms with Crippen molar-refractivity contribution in [3.05, 3.63) is 88.2 Å². The Morgan fingerprint density at radius 1 is 0.955 bits per heavy atom. The normalized spacial score (nSPS) is 10.4. The number of benzene rings is 2. The van der Waals surface area contributed by atoms with Gasteiger partial charge in [-0.3, -0.25) is 0 Å². The predicted octanol–water partition coefficient (Wildman–Crippen LogP) is 4.90. The number of aryl methyl sites for hydroxylation is 2. The molecule has 0 aliphatic carbocycles. The second-order valence-electron chi connectivity index (χ2n) is 5.13. The maximum absolute atomic E-state index is 9.02. The summed E-state index contributed by atoms with van der Waals surface area (Å²) in [4.78, 5) is 0. The van der Waals surface area contributed by atoms with E-state index in [9.17, 15) is 0 Å². The lowest BCUT2D eigenvalue weighted by atomic mass is 10.1. The molecule has 108 valence electrons. The van der Waals surface area contributed by atoms with Gasteiger partial charge in [-0.1, -0.05) is 30.3 Å². The van der Waals surface area contributed by atoms with E-state index in [2.05, 4.69) is 69.2 Å². The molecule has 3 aromatic rings. The zero-order chi connectivity index (χ0) is 15.4. The fourth-order valence-electron chi connectivity index (χ4n) is 2.53. The quantitative estimate of drug-likeness (QED) is 0.657. The smallest absolute Gasteiger partial charge is 0.100 e. The van der Waals surface area contributed by atoms with Crippen LogP contribution in [0, 0.1) is 11.3 Å². The molecule has 0 atom stereocenters. The molecule has 0 N–H and O–H groups in total. The van der Waals surface area contributed by atoms with Crippen molar-refractivity contribution in [3.63, 3.8) is 0 Å². The zero-order valence-corrected chi connectivity index (χ0v) is 13.6. The number of halogens is 1. The second-order valence-corrected chi connectivity index (χ2v) is 5.99. The first-order valence-electron chi connectivity index (χ1n) is 7.18. The molecule has 0 fully saturated rings. The van der Waals surface area contributed by atoms with Gasteiger partial charge in [-0.15, -0.1) is 0 Å². The molecule has 22 heavy (non-hydrogen) atoms. The molecule has 0 aliphatic rings. The molecule has 0 radical (unpaired) electrons. The van der Waals surface area contributed by atoms with Crippen molar-refractivity contribution in [1.82, 2.24) is 4.57 Å². The van der Waals surface area contributed by atoms with Gasteiger partial charge in [0.1, 0.15) is 6.07 Å². The summed E-state index contributed by atoms with van der Waals surface area (Å²) in [5.41, 5.74) is 4.33. The van der Waals surface area contributed by atoms with Crippen molar-refractivity contribution in [2.24, 2.45) is 0 Å². The van der Waals surface area contributed by atoms with Crippen molar-refractivity contribution in [3.8, 4) is 11.8 Å². The van der Waals surface area contributed by atoms with E-state index in [1.54, 1.807) is 0 Å². The van der Waals surface area contributed by atoms with Gasteiger partial charge >= 0.3 is 0 Å². The third kappa shape index (κ3) is 3.13. The van der Waals surface area contributed by atoms with E-state index >= 15 is 0 Å². The largest absolute Gasteiger partial charge is 0.321 e. The Morgan fingerprint density at radius 2 is 1.77 bits per heavy atom. The Labute approximate surface area is 138 Å². The van der Waals surface area contributed by atoms with Crippen LogP contribution in [0.4, 0.5) is 0 Å². The van der Waals surface area contributed by atoms with Gasteiger partial charge in [0, 0.05) is 22.1 Å². The van der Waals surface area contributed by atoms with Gasteiger partial charge in [0.2, 0.25) is 0 Å². The summed E-state index contributed by atoms with van der Waals surface area (Å²) in [5.74, 6) is 0. The Kier molecular flexibility index (Phi) is 4.41. The van der Waals surface area contributed by atoms with Crippen LogP contribution in [0.1, 0.15) is 16.8 Å². The van der Waals surface area contributed by atoms with Crippen molar-refractivity contribution >= 4 is 15.9 Å². The Bertz CT molecular complexity index is 813. The minimum absolute atomic E-state index is 0.654. The molecule has 0 amide bonds. The van der Waals surface area contributed by atoms with E-state index in [1.807, 2.05) is 24.3 Å². The van der Waals surface area contributed by atoms with Crippen LogP contribution >= 0.6 is 15.9 Å².